The summed E-state index contributed by atoms with van der Waals surface area (Å²) in [7, 11) is 0. The third-order valence-electron chi connectivity index (χ3n) is 0.359. The van der Waals surface area contributed by atoms with Crippen LogP contribution in [-0.4, -0.2) is 11.9 Å². The lowest BCUT2D eigenvalue weighted by molar-refractivity contribution is 0.370. The Morgan fingerprint density at radius 2 is 1.50 bits per heavy atom. The zero-order valence-electron chi connectivity index (χ0n) is 3.05. The molecule has 1 aliphatic heterocycles. The highest BCUT2D eigenvalue weighted by Crippen LogP contribution is 2.18. The molecule has 0 bridgehead atoms. The van der Waals surface area contributed by atoms with Crippen LogP contribution in [-0.2, 0) is 8.37 Å². The molecule has 0 saturated carbocycles. The maximum atomic E-state index is 4.82. The third-order valence-corrected chi connectivity index (χ3v) is 1.65. The molecule has 0 unspecified atom stereocenters. The van der Waals surface area contributed by atoms with Gasteiger partial charge in [-0.2, -0.15) is 0 Å². The molecule has 1 heterocycles. The molecule has 0 amide bonds. The molecule has 1 saturated heterocycles. The van der Waals surface area contributed by atoms with Gasteiger partial charge >= 0.3 is 0 Å². The summed E-state index contributed by atoms with van der Waals surface area (Å²) in [5, 5.41) is 0. The molecule has 0 radical (unpaired) electrons. The lowest BCUT2D eigenvalue weighted by Crippen LogP contribution is -1.92. The Bertz CT molecular complexity index is 25.0. The smallest absolute Gasteiger partial charge is 0.133 e. The highest BCUT2D eigenvalue weighted by molar-refractivity contribution is 7.99. The first-order chi connectivity index (χ1) is 3.00. The molecule has 6 heavy (non-hydrogen) atoms. The standard InChI is InChI=1S/C2H4O2S2/c1-3-6-2-4-5-1/h1-2H2. The summed E-state index contributed by atoms with van der Waals surface area (Å²) in [4.78, 5) is 0. The molecular weight excluding hydrogens is 120 g/mol. The summed E-state index contributed by atoms with van der Waals surface area (Å²) >= 11 is 2.70. The van der Waals surface area contributed by atoms with E-state index in [4.69, 9.17) is 8.37 Å². The van der Waals surface area contributed by atoms with Gasteiger partial charge in [-0.1, -0.05) is 0 Å². The lowest BCUT2D eigenvalue weighted by Gasteiger charge is -2.06. The van der Waals surface area contributed by atoms with Gasteiger partial charge in [-0.15, -0.1) is 0 Å². The first-order valence-electron chi connectivity index (χ1n) is 1.49. The van der Waals surface area contributed by atoms with Crippen LogP contribution in [0.15, 0.2) is 0 Å². The van der Waals surface area contributed by atoms with Gasteiger partial charge in [0.15, 0.2) is 0 Å². The van der Waals surface area contributed by atoms with E-state index in [1.165, 1.54) is 24.1 Å². The van der Waals surface area contributed by atoms with Crippen molar-refractivity contribution in [3.05, 3.63) is 0 Å². The molecule has 4 heteroatoms. The quantitative estimate of drug-likeness (QED) is 0.452. The maximum Gasteiger partial charge on any atom is 0.133 e. The van der Waals surface area contributed by atoms with E-state index in [0.29, 0.717) is 11.9 Å². The number of hydrogen-bond acceptors (Lipinski definition) is 4. The van der Waals surface area contributed by atoms with Crippen molar-refractivity contribution in [2.75, 3.05) is 11.9 Å². The van der Waals surface area contributed by atoms with E-state index in [9.17, 15) is 0 Å². The van der Waals surface area contributed by atoms with Crippen LogP contribution in [0.3, 0.4) is 0 Å². The van der Waals surface area contributed by atoms with Crippen molar-refractivity contribution in [2.24, 2.45) is 0 Å². The molecule has 2 nitrogen and oxygen atoms in total. The van der Waals surface area contributed by atoms with Gasteiger partial charge in [0, 0.05) is 24.1 Å². The molecule has 0 N–H and O–H groups in total. The minimum atomic E-state index is 0.657. The second-order valence-electron chi connectivity index (χ2n) is 0.707. The average molecular weight is 124 g/mol. The van der Waals surface area contributed by atoms with Crippen molar-refractivity contribution in [1.82, 2.24) is 0 Å². The SMILES string of the molecule is C1OSCOS1. The molecule has 0 aromatic heterocycles. The fourth-order valence-corrected chi connectivity index (χ4v) is 1.17. The molecule has 0 aromatic rings. The Labute approximate surface area is 45.0 Å². The van der Waals surface area contributed by atoms with Crippen LogP contribution >= 0.6 is 24.1 Å². The van der Waals surface area contributed by atoms with Crippen molar-refractivity contribution in [3.8, 4) is 0 Å². The highest BCUT2D eigenvalue weighted by Gasteiger charge is 1.97. The normalized spacial score (nSPS) is 24.0. The van der Waals surface area contributed by atoms with Crippen LogP contribution in [0.1, 0.15) is 0 Å². The fourth-order valence-electron chi connectivity index (χ4n) is 0.175. The average Bonchev–Trinajstić information content (AvgIpc) is 1.72. The Kier molecular flexibility index (Phi) is 2.18. The van der Waals surface area contributed by atoms with Gasteiger partial charge < -0.3 is 0 Å². The van der Waals surface area contributed by atoms with Gasteiger partial charge in [0.05, 0.1) is 0 Å². The summed E-state index contributed by atoms with van der Waals surface area (Å²) in [6.45, 7) is 0. The largest absolute Gasteiger partial charge is 0.300 e. The van der Waals surface area contributed by atoms with Crippen molar-refractivity contribution in [3.63, 3.8) is 0 Å². The van der Waals surface area contributed by atoms with Crippen LogP contribution in [0.2, 0.25) is 0 Å². The number of hydrogen-bond donors (Lipinski definition) is 0. The number of rotatable bonds is 0. The molecule has 0 aliphatic carbocycles. The van der Waals surface area contributed by atoms with E-state index in [1.54, 1.807) is 0 Å². The van der Waals surface area contributed by atoms with E-state index in [1.807, 2.05) is 0 Å². The minimum Gasteiger partial charge on any atom is -0.300 e. The summed E-state index contributed by atoms with van der Waals surface area (Å²) in [6.07, 6.45) is 0. The zero-order chi connectivity index (χ0) is 4.24. The summed E-state index contributed by atoms with van der Waals surface area (Å²) < 4.78 is 9.65. The zero-order valence-corrected chi connectivity index (χ0v) is 4.68. The molecule has 0 spiro atoms. The molecule has 1 aliphatic rings. The van der Waals surface area contributed by atoms with Gasteiger partial charge in [-0.3, -0.25) is 8.37 Å². The van der Waals surface area contributed by atoms with Crippen molar-refractivity contribution < 1.29 is 8.37 Å². The van der Waals surface area contributed by atoms with E-state index in [-0.39, 0.29) is 0 Å². The van der Waals surface area contributed by atoms with Crippen LogP contribution in [0.25, 0.3) is 0 Å². The van der Waals surface area contributed by atoms with Crippen LogP contribution in [0.4, 0.5) is 0 Å². The highest BCUT2D eigenvalue weighted by atomic mass is 32.2. The van der Waals surface area contributed by atoms with Crippen LogP contribution in [0.5, 0.6) is 0 Å². The van der Waals surface area contributed by atoms with Crippen LogP contribution in [0, 0.1) is 0 Å². The monoisotopic (exact) mass is 124 g/mol. The molecule has 0 atom stereocenters. The molecule has 1 fully saturated rings. The van der Waals surface area contributed by atoms with Gasteiger partial charge in [0.2, 0.25) is 0 Å². The maximum absolute atomic E-state index is 4.82. The van der Waals surface area contributed by atoms with Crippen molar-refractivity contribution >= 4 is 24.1 Å². The fraction of sp³-hybridized carbons (Fsp3) is 1.00. The molecule has 0 aromatic carbocycles. The second-order valence-corrected chi connectivity index (χ2v) is 2.12. The topological polar surface area (TPSA) is 18.5 Å². The summed E-state index contributed by atoms with van der Waals surface area (Å²) in [5.74, 6) is 1.31. The van der Waals surface area contributed by atoms with Gasteiger partial charge in [0.25, 0.3) is 0 Å². The van der Waals surface area contributed by atoms with Crippen LogP contribution < -0.4 is 0 Å². The first kappa shape index (κ1) is 4.77. The molecular formula is C2H4O2S2. The van der Waals surface area contributed by atoms with Crippen molar-refractivity contribution in [1.29, 1.82) is 0 Å². The summed E-state index contributed by atoms with van der Waals surface area (Å²) in [6, 6.07) is 0. The Morgan fingerprint density at radius 3 is 1.67 bits per heavy atom. The predicted molar refractivity (Wildman–Crippen MR) is 27.1 cm³/mol. The second kappa shape index (κ2) is 2.74. The van der Waals surface area contributed by atoms with Gasteiger partial charge in [-0.25, -0.2) is 0 Å². The Morgan fingerprint density at radius 1 is 1.00 bits per heavy atom. The molecule has 1 rings (SSSR count). The lowest BCUT2D eigenvalue weighted by atomic mass is 11.7. The van der Waals surface area contributed by atoms with Crippen molar-refractivity contribution in [2.45, 2.75) is 0 Å². The van der Waals surface area contributed by atoms with E-state index >= 15 is 0 Å². The van der Waals surface area contributed by atoms with E-state index in [0.717, 1.165) is 0 Å². The molecule has 36 valence electrons. The van der Waals surface area contributed by atoms with Gasteiger partial charge in [-0.05, 0) is 0 Å². The summed E-state index contributed by atoms with van der Waals surface area (Å²) in [5.41, 5.74) is 0. The van der Waals surface area contributed by atoms with Gasteiger partial charge in [0.1, 0.15) is 11.9 Å². The minimum absolute atomic E-state index is 0.657. The first-order valence-corrected chi connectivity index (χ1v) is 3.31. The van der Waals surface area contributed by atoms with E-state index in [2.05, 4.69) is 0 Å². The third kappa shape index (κ3) is 1.38. The Balaban J connectivity index is 2.00. The predicted octanol–water partition coefficient (Wildman–Crippen LogP) is 1.24. The Hall–Kier alpha value is 0.620. The van der Waals surface area contributed by atoms with E-state index < -0.39 is 0 Å².